The van der Waals surface area contributed by atoms with E-state index in [-0.39, 0.29) is 22.8 Å². The van der Waals surface area contributed by atoms with Gasteiger partial charge in [-0.1, -0.05) is 19.1 Å². The lowest BCUT2D eigenvalue weighted by molar-refractivity contribution is 0.0526. The molecule has 1 aliphatic rings. The molecule has 156 valence electrons. The number of esters is 1. The third-order valence-corrected chi connectivity index (χ3v) is 8.00. The van der Waals surface area contributed by atoms with Gasteiger partial charge in [-0.2, -0.15) is 0 Å². The van der Waals surface area contributed by atoms with Gasteiger partial charge in [-0.25, -0.2) is 13.2 Å². The molecular weight excluding hydrogens is 410 g/mol. The molecule has 1 aromatic carbocycles. The molecule has 0 unspecified atom stereocenters. The van der Waals surface area contributed by atoms with Crippen LogP contribution in [-0.2, 0) is 27.4 Å². The Labute approximate surface area is 175 Å². The maximum atomic E-state index is 13.0. The fraction of sp³-hybridized carbons (Fsp3) is 0.429. The molecule has 1 aromatic heterocycles. The summed E-state index contributed by atoms with van der Waals surface area (Å²) in [5, 5.41) is 3.23. The summed E-state index contributed by atoms with van der Waals surface area (Å²) in [6.07, 6.45) is 4.13. The van der Waals surface area contributed by atoms with Gasteiger partial charge in [0.2, 0.25) is 0 Å². The fourth-order valence-electron chi connectivity index (χ4n) is 3.55. The Balaban J connectivity index is 1.99. The standard InChI is InChI=1S/C21H25NO5S2/c1-3-13-29(25,26)17-12-8-6-10-15(17)19(23)22-20-18(21(24)27-4-2)14-9-5-7-11-16(14)28-20/h6,8,10,12H,3-5,7,9,11,13H2,1-2H3,(H,22,23). The Morgan fingerprint density at radius 1 is 1.14 bits per heavy atom. The molecule has 1 N–H and O–H groups in total. The quantitative estimate of drug-likeness (QED) is 0.657. The summed E-state index contributed by atoms with van der Waals surface area (Å²) in [7, 11) is -3.56. The van der Waals surface area contributed by atoms with Gasteiger partial charge in [0.25, 0.3) is 5.91 Å². The highest BCUT2D eigenvalue weighted by molar-refractivity contribution is 7.91. The average molecular weight is 436 g/mol. The highest BCUT2D eigenvalue weighted by Crippen LogP contribution is 2.39. The predicted molar refractivity (Wildman–Crippen MR) is 114 cm³/mol. The molecule has 0 spiro atoms. The molecule has 0 aliphatic heterocycles. The van der Waals surface area contributed by atoms with Crippen LogP contribution in [0.15, 0.2) is 29.2 Å². The highest BCUT2D eigenvalue weighted by Gasteiger charge is 2.28. The van der Waals surface area contributed by atoms with E-state index in [1.54, 1.807) is 26.0 Å². The maximum Gasteiger partial charge on any atom is 0.341 e. The number of carbonyl (C=O) groups is 2. The summed E-state index contributed by atoms with van der Waals surface area (Å²) < 4.78 is 30.4. The van der Waals surface area contributed by atoms with Crippen molar-refractivity contribution in [1.29, 1.82) is 0 Å². The Kier molecular flexibility index (Phi) is 6.74. The lowest BCUT2D eigenvalue weighted by Gasteiger charge is -2.13. The first-order valence-electron chi connectivity index (χ1n) is 9.83. The molecule has 0 saturated heterocycles. The molecule has 6 nitrogen and oxygen atoms in total. The molecule has 0 radical (unpaired) electrons. The Morgan fingerprint density at radius 2 is 1.86 bits per heavy atom. The highest BCUT2D eigenvalue weighted by atomic mass is 32.2. The molecule has 2 aromatic rings. The first-order valence-corrected chi connectivity index (χ1v) is 12.3. The zero-order valence-electron chi connectivity index (χ0n) is 16.6. The Hall–Kier alpha value is -2.19. The molecule has 0 fully saturated rings. The third-order valence-electron chi connectivity index (χ3n) is 4.82. The van der Waals surface area contributed by atoms with Crippen LogP contribution in [0.25, 0.3) is 0 Å². The zero-order valence-corrected chi connectivity index (χ0v) is 18.2. The summed E-state index contributed by atoms with van der Waals surface area (Å²) in [4.78, 5) is 26.7. The molecule has 3 rings (SSSR count). The zero-order chi connectivity index (χ0) is 21.0. The molecule has 8 heteroatoms. The van der Waals surface area contributed by atoms with Crippen molar-refractivity contribution >= 4 is 38.1 Å². The third kappa shape index (κ3) is 4.53. The van der Waals surface area contributed by atoms with E-state index in [4.69, 9.17) is 4.74 Å². The molecular formula is C21H25NO5S2. The number of nitrogens with one attached hydrogen (secondary N) is 1. The largest absolute Gasteiger partial charge is 0.462 e. The number of amides is 1. The van der Waals surface area contributed by atoms with Crippen molar-refractivity contribution in [2.24, 2.45) is 0 Å². The van der Waals surface area contributed by atoms with Gasteiger partial charge >= 0.3 is 5.97 Å². The van der Waals surface area contributed by atoms with Crippen LogP contribution >= 0.6 is 11.3 Å². The number of ether oxygens (including phenoxy) is 1. The van der Waals surface area contributed by atoms with Crippen molar-refractivity contribution in [2.45, 2.75) is 50.8 Å². The molecule has 1 aliphatic carbocycles. The molecule has 1 amide bonds. The van der Waals surface area contributed by atoms with Crippen LogP contribution in [0.5, 0.6) is 0 Å². The van der Waals surface area contributed by atoms with Gasteiger partial charge in [0.1, 0.15) is 5.00 Å². The van der Waals surface area contributed by atoms with Gasteiger partial charge in [-0.15, -0.1) is 11.3 Å². The van der Waals surface area contributed by atoms with E-state index in [9.17, 15) is 18.0 Å². The van der Waals surface area contributed by atoms with Crippen LogP contribution in [0.3, 0.4) is 0 Å². The number of hydrogen-bond donors (Lipinski definition) is 1. The number of thiophene rings is 1. The summed E-state index contributed by atoms with van der Waals surface area (Å²) in [5.41, 5.74) is 1.44. The smallest absolute Gasteiger partial charge is 0.341 e. The van der Waals surface area contributed by atoms with E-state index in [0.717, 1.165) is 36.1 Å². The van der Waals surface area contributed by atoms with Crippen LogP contribution in [0.1, 0.15) is 64.3 Å². The van der Waals surface area contributed by atoms with Crippen molar-refractivity contribution in [1.82, 2.24) is 0 Å². The molecule has 29 heavy (non-hydrogen) atoms. The molecule has 0 bridgehead atoms. The van der Waals surface area contributed by atoms with Crippen molar-refractivity contribution in [3.8, 4) is 0 Å². The lowest BCUT2D eigenvalue weighted by atomic mass is 9.95. The van der Waals surface area contributed by atoms with Crippen molar-refractivity contribution < 1.29 is 22.7 Å². The van der Waals surface area contributed by atoms with Gasteiger partial charge in [0, 0.05) is 4.88 Å². The van der Waals surface area contributed by atoms with E-state index in [1.807, 2.05) is 0 Å². The number of benzene rings is 1. The van der Waals surface area contributed by atoms with Gasteiger partial charge in [0.15, 0.2) is 9.84 Å². The van der Waals surface area contributed by atoms with Crippen LogP contribution in [0.2, 0.25) is 0 Å². The summed E-state index contributed by atoms with van der Waals surface area (Å²) in [6.45, 7) is 3.76. The van der Waals surface area contributed by atoms with Crippen LogP contribution in [0, 0.1) is 0 Å². The Morgan fingerprint density at radius 3 is 2.59 bits per heavy atom. The van der Waals surface area contributed by atoms with E-state index in [1.165, 1.54) is 23.5 Å². The van der Waals surface area contributed by atoms with Crippen LogP contribution in [-0.4, -0.2) is 32.7 Å². The second-order valence-electron chi connectivity index (χ2n) is 6.90. The number of fused-ring (bicyclic) bond motifs is 1. The Bertz CT molecular complexity index is 1020. The van der Waals surface area contributed by atoms with E-state index >= 15 is 0 Å². The van der Waals surface area contributed by atoms with Gasteiger partial charge < -0.3 is 10.1 Å². The van der Waals surface area contributed by atoms with Gasteiger partial charge in [-0.05, 0) is 56.7 Å². The number of anilines is 1. The van der Waals surface area contributed by atoms with Gasteiger partial charge in [0.05, 0.1) is 28.4 Å². The number of sulfone groups is 1. The summed E-state index contributed by atoms with van der Waals surface area (Å²) in [5.74, 6) is -1.02. The topological polar surface area (TPSA) is 89.5 Å². The van der Waals surface area contributed by atoms with E-state index < -0.39 is 21.7 Å². The fourth-order valence-corrected chi connectivity index (χ4v) is 6.36. The van der Waals surface area contributed by atoms with E-state index in [2.05, 4.69) is 5.32 Å². The van der Waals surface area contributed by atoms with Crippen LogP contribution < -0.4 is 5.32 Å². The van der Waals surface area contributed by atoms with Crippen molar-refractivity contribution in [3.05, 3.63) is 45.8 Å². The molecule has 0 atom stereocenters. The first kappa shape index (κ1) is 21.5. The normalized spacial score (nSPS) is 13.6. The number of carbonyl (C=O) groups excluding carboxylic acids is 2. The van der Waals surface area contributed by atoms with Crippen molar-refractivity contribution in [2.75, 3.05) is 17.7 Å². The molecule has 1 heterocycles. The minimum absolute atomic E-state index is 0.0124. The van der Waals surface area contributed by atoms with Gasteiger partial charge in [-0.3, -0.25) is 4.79 Å². The summed E-state index contributed by atoms with van der Waals surface area (Å²) >= 11 is 1.38. The van der Waals surface area contributed by atoms with E-state index in [0.29, 0.717) is 17.0 Å². The van der Waals surface area contributed by atoms with Crippen molar-refractivity contribution in [3.63, 3.8) is 0 Å². The number of hydrogen-bond acceptors (Lipinski definition) is 6. The number of aryl methyl sites for hydroxylation is 1. The maximum absolute atomic E-state index is 13.0. The van der Waals surface area contributed by atoms with Crippen LogP contribution in [0.4, 0.5) is 5.00 Å². The minimum Gasteiger partial charge on any atom is -0.462 e. The first-order chi connectivity index (χ1) is 13.9. The minimum atomic E-state index is -3.56. The second kappa shape index (κ2) is 9.09. The monoisotopic (exact) mass is 435 g/mol. The molecule has 0 saturated carbocycles. The second-order valence-corrected chi connectivity index (χ2v) is 10.1. The number of rotatable bonds is 7. The predicted octanol–water partition coefficient (Wildman–Crippen LogP) is 4.24. The average Bonchev–Trinajstić information content (AvgIpc) is 3.06. The summed E-state index contributed by atoms with van der Waals surface area (Å²) in [6, 6.07) is 6.18. The lowest BCUT2D eigenvalue weighted by Crippen LogP contribution is -2.19. The SMILES string of the molecule is CCCS(=O)(=O)c1ccccc1C(=O)Nc1sc2c(c1C(=O)OCC)CCCC2.